The number of hydrogen-bond donors (Lipinski definition) is 2. The molecule has 0 amide bonds. The van der Waals surface area contributed by atoms with Gasteiger partial charge in [0, 0.05) is 35.2 Å². The topological polar surface area (TPSA) is 257 Å². The van der Waals surface area contributed by atoms with E-state index in [1.807, 2.05) is 0 Å². The number of carbonyl (C=O) groups excluding carboxylic acids is 2. The number of azide groups is 1. The first-order valence-corrected chi connectivity index (χ1v) is 22.1. The van der Waals surface area contributed by atoms with E-state index in [0.717, 1.165) is 43.1 Å². The van der Waals surface area contributed by atoms with E-state index < -0.39 is 59.0 Å². The Morgan fingerprint density at radius 2 is 1.37 bits per heavy atom. The van der Waals surface area contributed by atoms with Gasteiger partial charge in [-0.3, -0.25) is 37.5 Å². The Kier molecular flexibility index (Phi) is 18.5. The largest absolute Gasteiger partial charge is 0.484 e. The van der Waals surface area contributed by atoms with Crippen molar-refractivity contribution in [3.05, 3.63) is 114 Å². The van der Waals surface area contributed by atoms with Crippen molar-refractivity contribution < 1.29 is 55.7 Å². The fourth-order valence-corrected chi connectivity index (χ4v) is 8.08. The number of unbranched alkanes of at least 4 members (excludes halogenated alkanes) is 6. The maximum Gasteiger partial charge on any atom is 0.484 e. The highest BCUT2D eigenvalue weighted by atomic mass is 31.3. The molecule has 4 rings (SSSR count). The molecule has 3 atom stereocenters. The number of nitrogens with zero attached hydrogens (tertiary/aromatic N) is 4. The smallest absolute Gasteiger partial charge is 0.427 e. The van der Waals surface area contributed by atoms with Crippen LogP contribution in [0.5, 0.6) is 11.5 Å². The highest BCUT2D eigenvalue weighted by Crippen LogP contribution is 2.64. The van der Waals surface area contributed by atoms with Crippen LogP contribution < -0.4 is 20.7 Å². The van der Waals surface area contributed by atoms with Crippen molar-refractivity contribution >= 4 is 27.6 Å². The van der Waals surface area contributed by atoms with Gasteiger partial charge in [0.25, 0.3) is 5.56 Å². The average Bonchev–Trinajstić information content (AvgIpc) is 3.60. The Labute approximate surface area is 340 Å². The number of phosphoric acid groups is 2. The van der Waals surface area contributed by atoms with Crippen LogP contribution >= 0.6 is 15.6 Å². The predicted octanol–water partition coefficient (Wildman–Crippen LogP) is 8.36. The van der Waals surface area contributed by atoms with E-state index in [0.29, 0.717) is 24.0 Å². The number of benzene rings is 2. The lowest BCUT2D eigenvalue weighted by Crippen LogP contribution is -2.33. The van der Waals surface area contributed by atoms with Gasteiger partial charge in [0.05, 0.1) is 19.8 Å². The fraction of sp³-hybridized carbons (Fsp3) is 0.474. The normalized spacial score (nSPS) is 16.2. The highest BCUT2D eigenvalue weighted by Gasteiger charge is 2.40. The highest BCUT2D eigenvalue weighted by molar-refractivity contribution is 7.61. The van der Waals surface area contributed by atoms with Crippen molar-refractivity contribution in [2.75, 3.05) is 6.61 Å². The van der Waals surface area contributed by atoms with E-state index in [9.17, 15) is 33.2 Å². The summed E-state index contributed by atoms with van der Waals surface area (Å²) in [5, 5.41) is 3.51. The van der Waals surface area contributed by atoms with Crippen LogP contribution in [-0.4, -0.2) is 39.1 Å². The Balaban J connectivity index is 1.44. The van der Waals surface area contributed by atoms with E-state index in [1.165, 1.54) is 67.7 Å². The van der Waals surface area contributed by atoms with Crippen molar-refractivity contribution in [1.29, 1.82) is 0 Å². The molecule has 0 saturated heterocycles. The van der Waals surface area contributed by atoms with E-state index in [4.69, 9.17) is 37.6 Å². The Morgan fingerprint density at radius 3 is 1.86 bits per heavy atom. The van der Waals surface area contributed by atoms with Crippen LogP contribution in [-0.2, 0) is 54.6 Å². The molecule has 59 heavy (non-hydrogen) atoms. The molecular weight excluding hydrogens is 812 g/mol. The quantitative estimate of drug-likeness (QED) is 0.0154. The summed E-state index contributed by atoms with van der Waals surface area (Å²) in [6, 6.07) is 12.1. The number of ether oxygens (including phenoxy) is 3. The number of carbonyl (C=O) groups is 2. The van der Waals surface area contributed by atoms with Gasteiger partial charge in [0.15, 0.2) is 6.23 Å². The number of rotatable bonds is 25. The number of aryl methyl sites for hydroxylation is 1. The van der Waals surface area contributed by atoms with Gasteiger partial charge in [-0.05, 0) is 66.8 Å². The van der Waals surface area contributed by atoms with Gasteiger partial charge in [0.2, 0.25) is 0 Å². The summed E-state index contributed by atoms with van der Waals surface area (Å²) >= 11 is 0. The molecule has 0 bridgehead atoms. The fourth-order valence-electron chi connectivity index (χ4n) is 5.49. The molecule has 2 unspecified atom stereocenters. The van der Waals surface area contributed by atoms with Gasteiger partial charge in [-0.25, -0.2) is 13.9 Å². The molecule has 0 spiro atoms. The van der Waals surface area contributed by atoms with Gasteiger partial charge in [0.1, 0.15) is 17.6 Å². The SMILES string of the molecule is CCCCCCC(=O)Oc1ccc(COP(=O)(OCc2ccc(OC(=O)CCCCCC)cc2)OP(=O)(O)OCC2O[C@@H](n3cc(C)c(=O)[nH]c3=O)C=C2N=[N+]=[N-])cc1. The van der Waals surface area contributed by atoms with Gasteiger partial charge in [-0.2, -0.15) is 4.31 Å². The summed E-state index contributed by atoms with van der Waals surface area (Å²) in [4.78, 5) is 64.3. The third-order valence-corrected chi connectivity index (χ3v) is 11.7. The van der Waals surface area contributed by atoms with Crippen molar-refractivity contribution in [3.8, 4) is 11.5 Å². The van der Waals surface area contributed by atoms with Gasteiger partial charge in [-0.15, -0.1) is 0 Å². The van der Waals surface area contributed by atoms with Crippen molar-refractivity contribution in [2.45, 2.75) is 111 Å². The first-order valence-electron chi connectivity index (χ1n) is 19.1. The number of esters is 2. The van der Waals surface area contributed by atoms with Crippen LogP contribution in [0, 0.1) is 6.92 Å². The maximum atomic E-state index is 14.0. The average molecular weight is 862 g/mol. The molecule has 1 aromatic heterocycles. The molecule has 2 aromatic carbocycles. The third-order valence-electron chi connectivity index (χ3n) is 8.68. The number of nitrogens with one attached hydrogen (secondary N) is 1. The molecule has 21 heteroatoms. The summed E-state index contributed by atoms with van der Waals surface area (Å²) in [5.41, 5.74) is 8.49. The Bertz CT molecular complexity index is 2090. The molecule has 1 aliphatic rings. The zero-order chi connectivity index (χ0) is 42.8. The Morgan fingerprint density at radius 1 is 0.847 bits per heavy atom. The molecule has 1 aliphatic heterocycles. The molecular formula is C38H49N5O14P2. The summed E-state index contributed by atoms with van der Waals surface area (Å²) in [6.07, 6.45) is 7.83. The van der Waals surface area contributed by atoms with Crippen LogP contribution in [0.2, 0.25) is 0 Å². The molecule has 0 radical (unpaired) electrons. The Hall–Kier alpha value is -4.67. The van der Waals surface area contributed by atoms with E-state index in [-0.39, 0.29) is 47.5 Å². The monoisotopic (exact) mass is 861 g/mol. The number of aromatic amines is 1. The van der Waals surface area contributed by atoms with E-state index in [1.54, 1.807) is 0 Å². The second kappa shape index (κ2) is 23.2. The van der Waals surface area contributed by atoms with Crippen LogP contribution in [0.15, 0.2) is 81.2 Å². The van der Waals surface area contributed by atoms with Crippen LogP contribution in [0.25, 0.3) is 10.4 Å². The maximum absolute atomic E-state index is 14.0. The van der Waals surface area contributed by atoms with Gasteiger partial charge < -0.3 is 19.1 Å². The first-order chi connectivity index (χ1) is 28.2. The molecule has 2 N–H and O–H groups in total. The van der Waals surface area contributed by atoms with Crippen molar-refractivity contribution in [1.82, 2.24) is 9.55 Å². The summed E-state index contributed by atoms with van der Waals surface area (Å²) in [5.74, 6) is -0.223. The summed E-state index contributed by atoms with van der Waals surface area (Å²) in [7, 11) is -10.3. The zero-order valence-corrected chi connectivity index (χ0v) is 34.8. The summed E-state index contributed by atoms with van der Waals surface area (Å²) < 4.78 is 65.9. The minimum absolute atomic E-state index is 0.125. The standard InChI is InChI=1S/C38H49N5O14P2/c1-4-6-8-10-12-35(44)54-30-18-14-28(15-19-30)24-52-59(50,53-25-29-16-20-31(21-17-29)55-36(45)13-11-9-7-5-2)57-58(48,49)51-26-33-32(41-42-39)22-34(56-33)43-23-27(3)37(46)40-38(43)47/h14-23,33-34H,4-13,24-26H2,1-3H3,(H,48,49)(H,40,46,47)/t33?,34-/m1/s1. The molecule has 0 fully saturated rings. The van der Waals surface area contributed by atoms with Crippen LogP contribution in [0.4, 0.5) is 0 Å². The molecule has 2 heterocycles. The minimum atomic E-state index is -5.33. The van der Waals surface area contributed by atoms with Crippen LogP contribution in [0.1, 0.15) is 101 Å². The zero-order valence-electron chi connectivity index (χ0n) is 33.1. The minimum Gasteiger partial charge on any atom is -0.427 e. The van der Waals surface area contributed by atoms with E-state index in [2.05, 4.69) is 28.9 Å². The third kappa shape index (κ3) is 15.8. The summed E-state index contributed by atoms with van der Waals surface area (Å²) in [6.45, 7) is 3.88. The molecule has 320 valence electrons. The lowest BCUT2D eigenvalue weighted by molar-refractivity contribution is -0.135. The van der Waals surface area contributed by atoms with E-state index >= 15 is 0 Å². The lowest BCUT2D eigenvalue weighted by Gasteiger charge is -2.22. The molecule has 19 nitrogen and oxygen atoms in total. The number of hydrogen-bond acceptors (Lipinski definition) is 14. The second-order valence-corrected chi connectivity index (χ2v) is 16.7. The number of phosphoric ester groups is 2. The second-order valence-electron chi connectivity index (χ2n) is 13.5. The van der Waals surface area contributed by atoms with Crippen LogP contribution in [0.3, 0.4) is 0 Å². The van der Waals surface area contributed by atoms with Crippen molar-refractivity contribution in [2.24, 2.45) is 5.11 Å². The lowest BCUT2D eigenvalue weighted by atomic mass is 10.1. The molecule has 0 aliphatic carbocycles. The van der Waals surface area contributed by atoms with Gasteiger partial charge in [-0.1, -0.05) is 81.8 Å². The van der Waals surface area contributed by atoms with Crippen molar-refractivity contribution in [3.63, 3.8) is 0 Å². The van der Waals surface area contributed by atoms with Gasteiger partial charge >= 0.3 is 33.3 Å². The number of H-pyrrole nitrogens is 1. The predicted molar refractivity (Wildman–Crippen MR) is 213 cm³/mol. The number of aromatic nitrogens is 2. The first kappa shape index (κ1) is 47.0. The molecule has 0 saturated carbocycles. The molecule has 3 aromatic rings.